The number of carbonyl (C=O) groups is 1. The van der Waals surface area contributed by atoms with Gasteiger partial charge in [-0.2, -0.15) is 0 Å². The Labute approximate surface area is 152 Å². The normalized spacial score (nSPS) is 21.8. The molecule has 4 rings (SSSR count). The fourth-order valence-corrected chi connectivity index (χ4v) is 4.73. The number of carbonyl (C=O) groups excluding carboxylic acids is 1. The summed E-state index contributed by atoms with van der Waals surface area (Å²) in [7, 11) is 0. The molecule has 1 aliphatic carbocycles. The van der Waals surface area contributed by atoms with Crippen LogP contribution in [0.4, 0.5) is 0 Å². The lowest BCUT2D eigenvalue weighted by Gasteiger charge is -2.31. The molecule has 5 nitrogen and oxygen atoms in total. The third-order valence-corrected chi connectivity index (χ3v) is 6.39. The highest BCUT2D eigenvalue weighted by molar-refractivity contribution is 7.13. The molecular weight excluding hydrogens is 334 g/mol. The van der Waals surface area contributed by atoms with Gasteiger partial charge in [-0.3, -0.25) is 4.79 Å². The van der Waals surface area contributed by atoms with E-state index in [1.807, 2.05) is 22.4 Å². The van der Waals surface area contributed by atoms with E-state index < -0.39 is 0 Å². The second kappa shape index (κ2) is 7.68. The first-order chi connectivity index (χ1) is 12.3. The summed E-state index contributed by atoms with van der Waals surface area (Å²) < 4.78 is 5.89. The Morgan fingerprint density at radius 2 is 2.12 bits per heavy atom. The van der Waals surface area contributed by atoms with Crippen molar-refractivity contribution >= 4 is 17.2 Å². The summed E-state index contributed by atoms with van der Waals surface area (Å²) in [5.41, 5.74) is 0. The molecule has 2 aliphatic rings. The Morgan fingerprint density at radius 1 is 1.24 bits per heavy atom. The average molecular weight is 359 g/mol. The summed E-state index contributed by atoms with van der Waals surface area (Å²) in [6.07, 6.45) is 9.08. The first kappa shape index (κ1) is 16.8. The van der Waals surface area contributed by atoms with Crippen molar-refractivity contribution < 1.29 is 9.21 Å². The van der Waals surface area contributed by atoms with E-state index in [2.05, 4.69) is 10.2 Å². The molecule has 2 fully saturated rings. The Balaban J connectivity index is 1.35. The van der Waals surface area contributed by atoms with E-state index >= 15 is 0 Å². The van der Waals surface area contributed by atoms with Gasteiger partial charge in [0.15, 0.2) is 0 Å². The molecule has 0 N–H and O–H groups in total. The first-order valence-corrected chi connectivity index (χ1v) is 10.3. The lowest BCUT2D eigenvalue weighted by Crippen LogP contribution is -2.39. The van der Waals surface area contributed by atoms with Crippen molar-refractivity contribution in [2.24, 2.45) is 5.92 Å². The molecule has 134 valence electrons. The van der Waals surface area contributed by atoms with Gasteiger partial charge in [0, 0.05) is 19.5 Å². The third kappa shape index (κ3) is 3.94. The van der Waals surface area contributed by atoms with E-state index in [1.54, 1.807) is 11.3 Å². The van der Waals surface area contributed by atoms with Gasteiger partial charge in [0.1, 0.15) is 0 Å². The van der Waals surface area contributed by atoms with Gasteiger partial charge in [0.2, 0.25) is 11.8 Å². The predicted molar refractivity (Wildman–Crippen MR) is 97.4 cm³/mol. The molecule has 1 aliphatic heterocycles. The van der Waals surface area contributed by atoms with Crippen LogP contribution in [0.2, 0.25) is 0 Å². The first-order valence-electron chi connectivity index (χ1n) is 9.44. The molecular formula is C19H25N3O2S. The van der Waals surface area contributed by atoms with Crippen LogP contribution in [0.15, 0.2) is 21.9 Å². The third-order valence-electron chi connectivity index (χ3n) is 5.54. The van der Waals surface area contributed by atoms with Crippen LogP contribution in [0.3, 0.4) is 0 Å². The summed E-state index contributed by atoms with van der Waals surface area (Å²) in [4.78, 5) is 15.6. The van der Waals surface area contributed by atoms with Crippen molar-refractivity contribution in [2.45, 2.75) is 57.3 Å². The van der Waals surface area contributed by atoms with Crippen molar-refractivity contribution in [1.29, 1.82) is 0 Å². The molecule has 0 bridgehead atoms. The summed E-state index contributed by atoms with van der Waals surface area (Å²) in [6.45, 7) is 1.58. The van der Waals surface area contributed by atoms with Crippen LogP contribution >= 0.6 is 11.3 Å². The molecule has 6 heteroatoms. The summed E-state index contributed by atoms with van der Waals surface area (Å²) in [6, 6.07) is 3.97. The topological polar surface area (TPSA) is 59.2 Å². The van der Waals surface area contributed by atoms with E-state index in [-0.39, 0.29) is 5.92 Å². The molecule has 1 atom stereocenters. The number of piperidine rings is 1. The van der Waals surface area contributed by atoms with Crippen LogP contribution in [0.5, 0.6) is 0 Å². The van der Waals surface area contributed by atoms with Gasteiger partial charge < -0.3 is 9.32 Å². The zero-order valence-corrected chi connectivity index (χ0v) is 15.3. The SMILES string of the molecule is O=C(CCC1CCCC1)N1CCC[C@H](c2nnc(-c3cccs3)o2)C1. The average Bonchev–Trinajstić information content (AvgIpc) is 3.41. The van der Waals surface area contributed by atoms with Crippen LogP contribution < -0.4 is 0 Å². The molecule has 0 spiro atoms. The number of amides is 1. The Kier molecular flexibility index (Phi) is 5.15. The molecule has 1 amide bonds. The Hall–Kier alpha value is -1.69. The minimum atomic E-state index is 0.172. The molecule has 1 saturated heterocycles. The number of hydrogen-bond acceptors (Lipinski definition) is 5. The van der Waals surface area contributed by atoms with Crippen LogP contribution in [0.25, 0.3) is 10.8 Å². The van der Waals surface area contributed by atoms with E-state index in [9.17, 15) is 4.79 Å². The van der Waals surface area contributed by atoms with Crippen LogP contribution in [0, 0.1) is 5.92 Å². The number of rotatable bonds is 5. The predicted octanol–water partition coefficient (Wildman–Crippen LogP) is 4.47. The molecule has 1 saturated carbocycles. The lowest BCUT2D eigenvalue weighted by atomic mass is 9.96. The van der Waals surface area contributed by atoms with Crippen molar-refractivity contribution in [3.63, 3.8) is 0 Å². The van der Waals surface area contributed by atoms with Crippen molar-refractivity contribution in [3.05, 3.63) is 23.4 Å². The molecule has 2 aromatic rings. The van der Waals surface area contributed by atoms with E-state index in [1.165, 1.54) is 25.7 Å². The van der Waals surface area contributed by atoms with Gasteiger partial charge in [-0.25, -0.2) is 0 Å². The Morgan fingerprint density at radius 3 is 2.92 bits per heavy atom. The number of aromatic nitrogens is 2. The largest absolute Gasteiger partial charge is 0.420 e. The van der Waals surface area contributed by atoms with Gasteiger partial charge in [-0.15, -0.1) is 21.5 Å². The molecule has 2 aromatic heterocycles. The van der Waals surface area contributed by atoms with Crippen molar-refractivity contribution in [1.82, 2.24) is 15.1 Å². The van der Waals surface area contributed by atoms with Gasteiger partial charge in [0.05, 0.1) is 10.8 Å². The second-order valence-electron chi connectivity index (χ2n) is 7.29. The fourth-order valence-electron chi connectivity index (χ4n) is 4.09. The van der Waals surface area contributed by atoms with Gasteiger partial charge in [-0.1, -0.05) is 31.7 Å². The highest BCUT2D eigenvalue weighted by Crippen LogP contribution is 2.31. The molecule has 0 unspecified atom stereocenters. The zero-order chi connectivity index (χ0) is 17.1. The van der Waals surface area contributed by atoms with Crippen LogP contribution in [-0.4, -0.2) is 34.1 Å². The van der Waals surface area contributed by atoms with E-state index in [0.29, 0.717) is 24.1 Å². The summed E-state index contributed by atoms with van der Waals surface area (Å²) >= 11 is 1.60. The van der Waals surface area contributed by atoms with Crippen molar-refractivity contribution in [2.75, 3.05) is 13.1 Å². The van der Waals surface area contributed by atoms with E-state index in [0.717, 1.165) is 43.1 Å². The number of nitrogens with zero attached hydrogens (tertiary/aromatic N) is 3. The maximum absolute atomic E-state index is 12.6. The zero-order valence-electron chi connectivity index (χ0n) is 14.5. The monoisotopic (exact) mass is 359 g/mol. The number of thiophene rings is 1. The standard InChI is InChI=1S/C19H25N3O2S/c23-17(10-9-14-5-1-2-6-14)22-11-3-7-15(13-22)18-20-21-19(24-18)16-8-4-12-25-16/h4,8,12,14-15H,1-3,5-7,9-11,13H2/t15-/m0/s1. The molecule has 0 radical (unpaired) electrons. The second-order valence-corrected chi connectivity index (χ2v) is 8.24. The Bertz CT molecular complexity index is 691. The van der Waals surface area contributed by atoms with Gasteiger partial charge in [0.25, 0.3) is 5.89 Å². The maximum atomic E-state index is 12.6. The lowest BCUT2D eigenvalue weighted by molar-refractivity contribution is -0.132. The smallest absolute Gasteiger partial charge is 0.257 e. The number of likely N-dealkylation sites (tertiary alicyclic amines) is 1. The highest BCUT2D eigenvalue weighted by Gasteiger charge is 2.29. The molecule has 0 aromatic carbocycles. The summed E-state index contributed by atoms with van der Waals surface area (Å²) in [5.74, 6) is 2.51. The number of hydrogen-bond donors (Lipinski definition) is 0. The van der Waals surface area contributed by atoms with Crippen LogP contribution in [-0.2, 0) is 4.79 Å². The minimum absolute atomic E-state index is 0.172. The van der Waals surface area contributed by atoms with Crippen molar-refractivity contribution in [3.8, 4) is 10.8 Å². The van der Waals surface area contributed by atoms with E-state index in [4.69, 9.17) is 4.42 Å². The van der Waals surface area contributed by atoms with Gasteiger partial charge >= 0.3 is 0 Å². The summed E-state index contributed by atoms with van der Waals surface area (Å²) in [5, 5.41) is 10.4. The maximum Gasteiger partial charge on any atom is 0.257 e. The minimum Gasteiger partial charge on any atom is -0.420 e. The van der Waals surface area contributed by atoms with Crippen LogP contribution in [0.1, 0.15) is 63.2 Å². The highest BCUT2D eigenvalue weighted by atomic mass is 32.1. The molecule has 25 heavy (non-hydrogen) atoms. The molecule has 3 heterocycles. The fraction of sp³-hybridized carbons (Fsp3) is 0.632. The van der Waals surface area contributed by atoms with Gasteiger partial charge in [-0.05, 0) is 36.6 Å². The quantitative estimate of drug-likeness (QED) is 0.790.